The Bertz CT molecular complexity index is 1120. The number of carbonyl (C=O) groups excluding carboxylic acids is 1. The second-order valence-electron chi connectivity index (χ2n) is 8.41. The van der Waals surface area contributed by atoms with Crippen LogP contribution in [0, 0.1) is 11.8 Å². The van der Waals surface area contributed by atoms with E-state index in [1.807, 2.05) is 51.2 Å². The summed E-state index contributed by atoms with van der Waals surface area (Å²) in [5.74, 6) is 6.42. The molecule has 1 atom stereocenters. The first-order valence-corrected chi connectivity index (χ1v) is 10.1. The fourth-order valence-corrected chi connectivity index (χ4v) is 3.51. The van der Waals surface area contributed by atoms with Gasteiger partial charge in [0.15, 0.2) is 5.65 Å². The zero-order chi connectivity index (χ0) is 21.1. The van der Waals surface area contributed by atoms with Gasteiger partial charge in [0.2, 0.25) is 0 Å². The van der Waals surface area contributed by atoms with Gasteiger partial charge in [-0.2, -0.15) is 5.10 Å². The first kappa shape index (κ1) is 19.9. The van der Waals surface area contributed by atoms with Gasteiger partial charge >= 0.3 is 6.09 Å². The Labute approximate surface area is 176 Å². The first-order valence-electron chi connectivity index (χ1n) is 10.1. The predicted molar refractivity (Wildman–Crippen MR) is 113 cm³/mol. The molecule has 4 heterocycles. The van der Waals surface area contributed by atoms with Crippen LogP contribution in [0.4, 0.5) is 4.79 Å². The minimum absolute atomic E-state index is 0.173. The molecule has 7 heteroatoms. The van der Waals surface area contributed by atoms with Crippen molar-refractivity contribution in [1.82, 2.24) is 24.5 Å². The molecule has 3 aromatic heterocycles. The molecule has 0 aliphatic carbocycles. The Balaban J connectivity index is 1.50. The molecule has 7 nitrogen and oxygen atoms in total. The largest absolute Gasteiger partial charge is 0.444 e. The van der Waals surface area contributed by atoms with Crippen molar-refractivity contribution in [1.29, 1.82) is 0 Å². The molecule has 1 amide bonds. The number of fused-ring (bicyclic) bond motifs is 1. The molecule has 0 radical (unpaired) electrons. The van der Waals surface area contributed by atoms with Gasteiger partial charge in [-0.05, 0) is 57.7 Å². The number of nitrogens with zero attached hydrogens (tertiary/aromatic N) is 5. The lowest BCUT2D eigenvalue weighted by Gasteiger charge is -2.34. The van der Waals surface area contributed by atoms with E-state index in [1.165, 1.54) is 0 Å². The van der Waals surface area contributed by atoms with E-state index in [9.17, 15) is 4.79 Å². The van der Waals surface area contributed by atoms with E-state index in [0.29, 0.717) is 18.8 Å². The summed E-state index contributed by atoms with van der Waals surface area (Å²) in [7, 11) is 0. The van der Waals surface area contributed by atoms with Gasteiger partial charge in [-0.15, -0.1) is 0 Å². The molecule has 3 aromatic rings. The third-order valence-electron chi connectivity index (χ3n) is 4.87. The molecule has 154 valence electrons. The number of amides is 1. The van der Waals surface area contributed by atoms with Gasteiger partial charge in [0.25, 0.3) is 0 Å². The summed E-state index contributed by atoms with van der Waals surface area (Å²) in [5.41, 5.74) is 2.63. The number of pyridine rings is 1. The maximum Gasteiger partial charge on any atom is 0.410 e. The molecule has 1 fully saturated rings. The van der Waals surface area contributed by atoms with Crippen LogP contribution in [0.1, 0.15) is 56.5 Å². The van der Waals surface area contributed by atoms with Crippen molar-refractivity contribution >= 4 is 11.7 Å². The van der Waals surface area contributed by atoms with Crippen LogP contribution in [-0.2, 0) is 4.74 Å². The van der Waals surface area contributed by atoms with Gasteiger partial charge in [0.05, 0.1) is 11.8 Å². The number of likely N-dealkylation sites (tertiary alicyclic amines) is 1. The maximum atomic E-state index is 12.4. The molecule has 4 rings (SSSR count). The van der Waals surface area contributed by atoms with Crippen molar-refractivity contribution in [3.05, 3.63) is 59.8 Å². The summed E-state index contributed by atoms with van der Waals surface area (Å²) in [6, 6.07) is 7.69. The molecule has 30 heavy (non-hydrogen) atoms. The van der Waals surface area contributed by atoms with Gasteiger partial charge in [-0.1, -0.05) is 12.0 Å². The molecule has 0 bridgehead atoms. The quantitative estimate of drug-likeness (QED) is 0.580. The van der Waals surface area contributed by atoms with Crippen molar-refractivity contribution in [3.63, 3.8) is 0 Å². The molecular formula is C23H25N5O2. The van der Waals surface area contributed by atoms with Crippen LogP contribution >= 0.6 is 0 Å². The van der Waals surface area contributed by atoms with Crippen LogP contribution in [0.25, 0.3) is 5.65 Å². The Kier molecular flexibility index (Phi) is 5.40. The van der Waals surface area contributed by atoms with Crippen molar-refractivity contribution in [3.8, 4) is 11.8 Å². The zero-order valence-electron chi connectivity index (χ0n) is 17.5. The summed E-state index contributed by atoms with van der Waals surface area (Å²) in [4.78, 5) is 23.3. The van der Waals surface area contributed by atoms with Crippen LogP contribution in [0.2, 0.25) is 0 Å². The van der Waals surface area contributed by atoms with E-state index in [1.54, 1.807) is 21.8 Å². The Morgan fingerprint density at radius 1 is 1.23 bits per heavy atom. The summed E-state index contributed by atoms with van der Waals surface area (Å²) < 4.78 is 7.23. The van der Waals surface area contributed by atoms with Crippen molar-refractivity contribution in [2.45, 2.75) is 45.1 Å². The van der Waals surface area contributed by atoms with Crippen LogP contribution in [0.15, 0.2) is 42.9 Å². The topological polar surface area (TPSA) is 72.6 Å². The number of carbonyl (C=O) groups is 1. The number of rotatable bonds is 1. The van der Waals surface area contributed by atoms with Gasteiger partial charge in [0, 0.05) is 37.1 Å². The summed E-state index contributed by atoms with van der Waals surface area (Å²) in [6.45, 7) is 6.98. The van der Waals surface area contributed by atoms with Crippen LogP contribution in [0.3, 0.4) is 0 Å². The van der Waals surface area contributed by atoms with Crippen LogP contribution in [-0.4, -0.2) is 49.3 Å². The highest BCUT2D eigenvalue weighted by atomic mass is 16.6. The number of hydrogen-bond donors (Lipinski definition) is 0. The molecular weight excluding hydrogens is 378 g/mol. The smallest absolute Gasteiger partial charge is 0.410 e. The van der Waals surface area contributed by atoms with Gasteiger partial charge < -0.3 is 9.64 Å². The highest BCUT2D eigenvalue weighted by Gasteiger charge is 2.28. The third kappa shape index (κ3) is 4.60. The summed E-state index contributed by atoms with van der Waals surface area (Å²) in [5, 5.41) is 4.25. The van der Waals surface area contributed by atoms with E-state index in [-0.39, 0.29) is 12.0 Å². The van der Waals surface area contributed by atoms with E-state index in [4.69, 9.17) is 9.72 Å². The Morgan fingerprint density at radius 2 is 2.10 bits per heavy atom. The SMILES string of the molecule is CC(C)(C)OC(=O)N1CCCC(c2cccc(C#Cc3cnn4cccnc34)n2)C1. The Hall–Kier alpha value is -3.40. The van der Waals surface area contributed by atoms with E-state index in [0.717, 1.165) is 29.7 Å². The highest BCUT2D eigenvalue weighted by molar-refractivity contribution is 5.68. The normalized spacial score (nSPS) is 16.8. The van der Waals surface area contributed by atoms with E-state index < -0.39 is 5.60 Å². The Morgan fingerprint density at radius 3 is 2.93 bits per heavy atom. The fourth-order valence-electron chi connectivity index (χ4n) is 3.51. The molecule has 0 spiro atoms. The van der Waals surface area contributed by atoms with Gasteiger partial charge in [-0.3, -0.25) is 0 Å². The molecule has 0 saturated carbocycles. The highest BCUT2D eigenvalue weighted by Crippen LogP contribution is 2.26. The van der Waals surface area contributed by atoms with Gasteiger partial charge in [0.1, 0.15) is 11.3 Å². The molecule has 1 unspecified atom stereocenters. The number of piperidine rings is 1. The monoisotopic (exact) mass is 403 g/mol. The first-order chi connectivity index (χ1) is 14.4. The number of aromatic nitrogens is 4. The number of hydrogen-bond acceptors (Lipinski definition) is 5. The van der Waals surface area contributed by atoms with Crippen molar-refractivity contribution in [2.75, 3.05) is 13.1 Å². The minimum Gasteiger partial charge on any atom is -0.444 e. The van der Waals surface area contributed by atoms with E-state index >= 15 is 0 Å². The lowest BCUT2D eigenvalue weighted by atomic mass is 9.94. The average Bonchev–Trinajstić information content (AvgIpc) is 3.14. The number of ether oxygens (including phenoxy) is 1. The molecule has 1 aliphatic heterocycles. The maximum absolute atomic E-state index is 12.4. The minimum atomic E-state index is -0.495. The van der Waals surface area contributed by atoms with Crippen molar-refractivity contribution in [2.24, 2.45) is 0 Å². The molecule has 0 N–H and O–H groups in total. The lowest BCUT2D eigenvalue weighted by molar-refractivity contribution is 0.0197. The van der Waals surface area contributed by atoms with Crippen LogP contribution < -0.4 is 0 Å². The molecule has 1 aliphatic rings. The third-order valence-corrected chi connectivity index (χ3v) is 4.87. The van der Waals surface area contributed by atoms with Crippen molar-refractivity contribution < 1.29 is 9.53 Å². The lowest BCUT2D eigenvalue weighted by Crippen LogP contribution is -2.42. The summed E-state index contributed by atoms with van der Waals surface area (Å²) >= 11 is 0. The zero-order valence-corrected chi connectivity index (χ0v) is 17.5. The second kappa shape index (κ2) is 8.15. The van der Waals surface area contributed by atoms with E-state index in [2.05, 4.69) is 21.9 Å². The standard InChI is InChI=1S/C23H25N5O2/c1-23(2,3)30-22(29)27-13-5-7-18(16-27)20-9-4-8-19(26-20)11-10-17-15-25-28-14-6-12-24-21(17)28/h4,6,8-9,12,14-15,18H,5,7,13,16H2,1-3H3. The summed E-state index contributed by atoms with van der Waals surface area (Å²) in [6.07, 6.45) is 6.92. The van der Waals surface area contributed by atoms with Gasteiger partial charge in [-0.25, -0.2) is 19.3 Å². The molecule has 0 aromatic carbocycles. The van der Waals surface area contributed by atoms with Crippen LogP contribution in [0.5, 0.6) is 0 Å². The second-order valence-corrected chi connectivity index (χ2v) is 8.41. The fraction of sp³-hybridized carbons (Fsp3) is 0.391. The molecule has 1 saturated heterocycles. The predicted octanol–water partition coefficient (Wildman–Crippen LogP) is 3.64. The average molecular weight is 403 g/mol.